The van der Waals surface area contributed by atoms with Crippen LogP contribution in [0.1, 0.15) is 37.8 Å². The number of ether oxygens (including phenoxy) is 1. The molecule has 2 aliphatic heterocycles. The van der Waals surface area contributed by atoms with Crippen LogP contribution in [0.4, 0.5) is 11.5 Å². The van der Waals surface area contributed by atoms with E-state index in [1.807, 2.05) is 0 Å². The van der Waals surface area contributed by atoms with E-state index < -0.39 is 0 Å². The Morgan fingerprint density at radius 1 is 1.15 bits per heavy atom. The van der Waals surface area contributed by atoms with Gasteiger partial charge in [-0.05, 0) is 57.0 Å². The van der Waals surface area contributed by atoms with Crippen molar-refractivity contribution in [2.45, 2.75) is 39.2 Å². The van der Waals surface area contributed by atoms with Crippen LogP contribution in [-0.2, 0) is 11.2 Å². The lowest BCUT2D eigenvalue weighted by molar-refractivity contribution is 0.251. The number of aryl methyl sites for hydroxylation is 1. The van der Waals surface area contributed by atoms with Gasteiger partial charge in [0, 0.05) is 44.0 Å². The highest BCUT2D eigenvalue weighted by Crippen LogP contribution is 2.31. The number of aromatic nitrogens is 4. The molecule has 1 atom stereocenters. The van der Waals surface area contributed by atoms with Crippen LogP contribution in [0.15, 0.2) is 36.9 Å². The van der Waals surface area contributed by atoms with E-state index in [2.05, 4.69) is 79.8 Å². The second-order valence-corrected chi connectivity index (χ2v) is 9.24. The van der Waals surface area contributed by atoms with Crippen molar-refractivity contribution < 1.29 is 4.74 Å². The molecule has 0 amide bonds. The first kappa shape index (κ1) is 22.7. The molecule has 180 valence electrons. The van der Waals surface area contributed by atoms with Crippen LogP contribution < -0.4 is 9.80 Å². The fourth-order valence-corrected chi connectivity index (χ4v) is 5.12. The number of fused-ring (bicyclic) bond motifs is 1. The summed E-state index contributed by atoms with van der Waals surface area (Å²) in [5.74, 6) is 1.89. The van der Waals surface area contributed by atoms with Gasteiger partial charge in [0.25, 0.3) is 0 Å². The maximum atomic E-state index is 6.53. The van der Waals surface area contributed by atoms with Crippen molar-refractivity contribution >= 4 is 28.4 Å². The van der Waals surface area contributed by atoms with Crippen molar-refractivity contribution in [2.24, 2.45) is 0 Å². The third-order valence-corrected chi connectivity index (χ3v) is 7.15. The van der Waals surface area contributed by atoms with E-state index >= 15 is 0 Å². The minimum absolute atomic E-state index is 0.266. The number of hydrogen-bond donors (Lipinski definition) is 1. The van der Waals surface area contributed by atoms with Gasteiger partial charge in [-0.15, -0.1) is 0 Å². The van der Waals surface area contributed by atoms with E-state index in [1.165, 1.54) is 16.8 Å². The van der Waals surface area contributed by atoms with Gasteiger partial charge in [0.1, 0.15) is 24.2 Å². The Morgan fingerprint density at radius 2 is 2.00 bits per heavy atom. The number of nitrogens with one attached hydrogen (secondary N) is 1. The van der Waals surface area contributed by atoms with Crippen molar-refractivity contribution in [3.63, 3.8) is 0 Å². The molecule has 3 aromatic rings. The van der Waals surface area contributed by atoms with Crippen LogP contribution in [-0.4, -0.2) is 77.3 Å². The van der Waals surface area contributed by atoms with Crippen LogP contribution in [0, 0.1) is 0 Å². The average Bonchev–Trinajstić information content (AvgIpc) is 3.54. The zero-order chi connectivity index (χ0) is 23.5. The van der Waals surface area contributed by atoms with Crippen LogP contribution in [0.3, 0.4) is 0 Å². The minimum atomic E-state index is 0.266. The van der Waals surface area contributed by atoms with E-state index in [1.54, 1.807) is 12.7 Å². The summed E-state index contributed by atoms with van der Waals surface area (Å²) in [7, 11) is 2.19. The van der Waals surface area contributed by atoms with Gasteiger partial charge in [-0.1, -0.05) is 13.0 Å². The Bertz CT molecular complexity index is 1150. The lowest BCUT2D eigenvalue weighted by Crippen LogP contribution is -2.44. The molecule has 0 spiro atoms. The number of hydrogen-bond acceptors (Lipinski definition) is 7. The summed E-state index contributed by atoms with van der Waals surface area (Å²) in [5, 5.41) is 0. The van der Waals surface area contributed by atoms with Crippen molar-refractivity contribution in [3.05, 3.63) is 48.1 Å². The third kappa shape index (κ3) is 4.46. The number of rotatable bonds is 7. The van der Waals surface area contributed by atoms with Crippen LogP contribution in [0.5, 0.6) is 0 Å². The summed E-state index contributed by atoms with van der Waals surface area (Å²) in [5.41, 5.74) is 5.43. The topological polar surface area (TPSA) is 73.4 Å². The molecule has 0 radical (unpaired) electrons. The Labute approximate surface area is 201 Å². The van der Waals surface area contributed by atoms with Gasteiger partial charge >= 0.3 is 0 Å². The zero-order valence-corrected chi connectivity index (χ0v) is 20.5. The molecule has 0 aliphatic carbocycles. The molecule has 0 saturated carbocycles. The van der Waals surface area contributed by atoms with Gasteiger partial charge in [0.2, 0.25) is 0 Å². The second kappa shape index (κ2) is 10.0. The van der Waals surface area contributed by atoms with Gasteiger partial charge < -0.3 is 24.4 Å². The van der Waals surface area contributed by atoms with E-state index in [4.69, 9.17) is 4.74 Å². The number of benzene rings is 1. The normalized spacial score (nSPS) is 19.9. The third-order valence-electron chi connectivity index (χ3n) is 7.15. The number of imidazole rings is 1. The second-order valence-electron chi connectivity index (χ2n) is 9.24. The predicted molar refractivity (Wildman–Crippen MR) is 137 cm³/mol. The summed E-state index contributed by atoms with van der Waals surface area (Å²) in [4.78, 5) is 23.6. The highest BCUT2D eigenvalue weighted by Gasteiger charge is 2.29. The molecule has 34 heavy (non-hydrogen) atoms. The molecule has 2 aliphatic rings. The maximum Gasteiger partial charge on any atom is 0.182 e. The summed E-state index contributed by atoms with van der Waals surface area (Å²) in [6, 6.07) is 7.13. The Balaban J connectivity index is 1.34. The summed E-state index contributed by atoms with van der Waals surface area (Å²) in [6.45, 7) is 10.2. The number of nitrogens with zero attached hydrogens (tertiary/aromatic N) is 6. The number of likely N-dealkylation sites (N-methyl/N-ethyl adjacent to an activating group) is 1. The predicted octanol–water partition coefficient (Wildman–Crippen LogP) is 3.71. The number of aromatic amines is 1. The van der Waals surface area contributed by atoms with Crippen molar-refractivity contribution in [2.75, 3.05) is 56.2 Å². The average molecular weight is 462 g/mol. The van der Waals surface area contributed by atoms with Crippen LogP contribution >= 0.6 is 0 Å². The van der Waals surface area contributed by atoms with Crippen molar-refractivity contribution in [1.82, 2.24) is 24.8 Å². The van der Waals surface area contributed by atoms with Gasteiger partial charge in [-0.25, -0.2) is 15.0 Å². The first-order valence-electron chi connectivity index (χ1n) is 12.4. The van der Waals surface area contributed by atoms with E-state index in [0.29, 0.717) is 12.3 Å². The monoisotopic (exact) mass is 461 g/mol. The fourth-order valence-electron chi connectivity index (χ4n) is 5.12. The van der Waals surface area contributed by atoms with E-state index in [0.717, 1.165) is 69.1 Å². The highest BCUT2D eigenvalue weighted by atomic mass is 16.5. The van der Waals surface area contributed by atoms with Crippen LogP contribution in [0.2, 0.25) is 0 Å². The van der Waals surface area contributed by atoms with Gasteiger partial charge in [0.05, 0.1) is 12.4 Å². The summed E-state index contributed by atoms with van der Waals surface area (Å²) < 4.78 is 6.53. The van der Waals surface area contributed by atoms with Crippen molar-refractivity contribution in [3.8, 4) is 0 Å². The lowest BCUT2D eigenvalue weighted by atomic mass is 10.0. The van der Waals surface area contributed by atoms with Gasteiger partial charge in [-0.2, -0.15) is 0 Å². The lowest BCUT2D eigenvalue weighted by Gasteiger charge is -2.34. The molecule has 1 aromatic carbocycles. The van der Waals surface area contributed by atoms with E-state index in [-0.39, 0.29) is 6.04 Å². The molecule has 1 N–H and O–H groups in total. The summed E-state index contributed by atoms with van der Waals surface area (Å²) in [6.07, 6.45) is 8.58. The van der Waals surface area contributed by atoms with Gasteiger partial charge in [-0.3, -0.25) is 0 Å². The first-order chi connectivity index (χ1) is 16.7. The largest absolute Gasteiger partial charge is 0.491 e. The molecule has 5 rings (SSSR count). The molecule has 0 unspecified atom stereocenters. The molecule has 8 heteroatoms. The molecular weight excluding hydrogens is 426 g/mol. The maximum absolute atomic E-state index is 6.53. The minimum Gasteiger partial charge on any atom is -0.491 e. The number of piperazine rings is 1. The molecule has 2 fully saturated rings. The Kier molecular flexibility index (Phi) is 6.67. The summed E-state index contributed by atoms with van der Waals surface area (Å²) >= 11 is 0. The molecule has 8 nitrogen and oxygen atoms in total. The molecule has 2 saturated heterocycles. The van der Waals surface area contributed by atoms with Crippen molar-refractivity contribution in [1.29, 1.82) is 0 Å². The van der Waals surface area contributed by atoms with E-state index in [9.17, 15) is 0 Å². The quantitative estimate of drug-likeness (QED) is 0.538. The van der Waals surface area contributed by atoms with Crippen LogP contribution in [0.25, 0.3) is 16.9 Å². The molecule has 0 bridgehead atoms. The molecule has 4 heterocycles. The highest BCUT2D eigenvalue weighted by molar-refractivity contribution is 5.83. The zero-order valence-electron chi connectivity index (χ0n) is 20.5. The SMILES string of the molecule is C/C=C(/OC[C@H]1CCCN1c1ncnc2nc[nH]c12)c1cc(N2CCN(C)CC2)ccc1CC. The first-order valence-corrected chi connectivity index (χ1v) is 12.4. The smallest absolute Gasteiger partial charge is 0.182 e. The molecule has 2 aromatic heterocycles. The number of allylic oxidation sites excluding steroid dienone is 1. The van der Waals surface area contributed by atoms with Gasteiger partial charge in [0.15, 0.2) is 11.5 Å². The molecular formula is C26H35N7O. The standard InChI is InChI=1S/C26H35N7O/c1-4-19-8-9-20(32-13-11-31(3)12-14-32)15-22(19)23(5-2)34-16-21-7-6-10-33(21)26-24-25(28-17-27-24)29-18-30-26/h5,8-9,15,17-18,21H,4,6-7,10-14,16H2,1-3H3,(H,27,28,29,30)/b23-5+/t21-/m1/s1. The number of H-pyrrole nitrogens is 1. The number of anilines is 2. The fraction of sp³-hybridized carbons (Fsp3) is 0.500. The Morgan fingerprint density at radius 3 is 2.79 bits per heavy atom. The Hall–Kier alpha value is -3.13.